The van der Waals surface area contributed by atoms with Crippen LogP contribution in [0, 0.1) is 5.82 Å². The molecule has 0 unspecified atom stereocenters. The predicted octanol–water partition coefficient (Wildman–Crippen LogP) is 3.46. The van der Waals surface area contributed by atoms with E-state index in [9.17, 15) is 14.0 Å². The first-order valence-electron chi connectivity index (χ1n) is 8.91. The van der Waals surface area contributed by atoms with Crippen molar-refractivity contribution in [3.8, 4) is 5.69 Å². The highest BCUT2D eigenvalue weighted by molar-refractivity contribution is 7.99. The SMILES string of the molecule is CCONC(=O)CCCSc1nc2ccccc2c(=O)n1-c1cccc(F)c1. The lowest BCUT2D eigenvalue weighted by atomic mass is 10.2. The second-order valence-electron chi connectivity index (χ2n) is 5.94. The third kappa shape index (κ3) is 4.76. The monoisotopic (exact) mass is 401 g/mol. The van der Waals surface area contributed by atoms with E-state index in [4.69, 9.17) is 4.84 Å². The lowest BCUT2D eigenvalue weighted by Crippen LogP contribution is -2.23. The number of hydroxylamine groups is 1. The van der Waals surface area contributed by atoms with Crippen LogP contribution >= 0.6 is 11.8 Å². The molecule has 0 fully saturated rings. The van der Waals surface area contributed by atoms with Crippen molar-refractivity contribution in [2.24, 2.45) is 0 Å². The van der Waals surface area contributed by atoms with E-state index in [-0.39, 0.29) is 11.5 Å². The van der Waals surface area contributed by atoms with Gasteiger partial charge in [0.25, 0.3) is 5.56 Å². The fourth-order valence-electron chi connectivity index (χ4n) is 2.65. The topological polar surface area (TPSA) is 73.2 Å². The first kappa shape index (κ1) is 20.0. The number of benzene rings is 2. The molecular weight excluding hydrogens is 381 g/mol. The summed E-state index contributed by atoms with van der Waals surface area (Å²) in [5.74, 6) is -0.0582. The molecule has 0 spiro atoms. The van der Waals surface area contributed by atoms with E-state index in [0.29, 0.717) is 46.9 Å². The number of carbonyl (C=O) groups excluding carboxylic acids is 1. The van der Waals surface area contributed by atoms with E-state index in [1.54, 1.807) is 37.3 Å². The predicted molar refractivity (Wildman–Crippen MR) is 107 cm³/mol. The van der Waals surface area contributed by atoms with Gasteiger partial charge in [-0.1, -0.05) is 30.0 Å². The molecule has 6 nitrogen and oxygen atoms in total. The molecule has 0 bridgehead atoms. The summed E-state index contributed by atoms with van der Waals surface area (Å²) in [6.07, 6.45) is 0.875. The van der Waals surface area contributed by atoms with Gasteiger partial charge in [0.05, 0.1) is 23.2 Å². The number of aromatic nitrogens is 2. The van der Waals surface area contributed by atoms with E-state index in [1.807, 2.05) is 6.07 Å². The Balaban J connectivity index is 1.87. The molecule has 1 aromatic heterocycles. The summed E-state index contributed by atoms with van der Waals surface area (Å²) in [5, 5.41) is 0.923. The molecule has 0 atom stereocenters. The first-order chi connectivity index (χ1) is 13.6. The van der Waals surface area contributed by atoms with Gasteiger partial charge in [-0.05, 0) is 43.7 Å². The number of hydrogen-bond donors (Lipinski definition) is 1. The summed E-state index contributed by atoms with van der Waals surface area (Å²) in [6, 6.07) is 12.9. The summed E-state index contributed by atoms with van der Waals surface area (Å²) >= 11 is 1.35. The van der Waals surface area contributed by atoms with Crippen LogP contribution in [0.25, 0.3) is 16.6 Å². The number of hydrogen-bond acceptors (Lipinski definition) is 5. The zero-order valence-corrected chi connectivity index (χ0v) is 16.2. The van der Waals surface area contributed by atoms with E-state index >= 15 is 0 Å². The van der Waals surface area contributed by atoms with Gasteiger partial charge >= 0.3 is 0 Å². The minimum Gasteiger partial charge on any atom is -0.274 e. The highest BCUT2D eigenvalue weighted by Crippen LogP contribution is 2.22. The fraction of sp³-hybridized carbons (Fsp3) is 0.250. The molecular formula is C20H20FN3O3S. The average molecular weight is 401 g/mol. The first-order valence-corrected chi connectivity index (χ1v) is 9.90. The van der Waals surface area contributed by atoms with E-state index < -0.39 is 5.82 Å². The number of fused-ring (bicyclic) bond motifs is 1. The van der Waals surface area contributed by atoms with E-state index in [0.717, 1.165) is 0 Å². The van der Waals surface area contributed by atoms with Gasteiger partial charge in [0.15, 0.2) is 5.16 Å². The summed E-state index contributed by atoms with van der Waals surface area (Å²) in [4.78, 5) is 34.1. The summed E-state index contributed by atoms with van der Waals surface area (Å²) in [6.45, 7) is 2.19. The van der Waals surface area contributed by atoms with Gasteiger partial charge in [-0.15, -0.1) is 0 Å². The zero-order chi connectivity index (χ0) is 19.9. The minimum atomic E-state index is -0.430. The number of para-hydroxylation sites is 1. The van der Waals surface area contributed by atoms with Gasteiger partial charge in [-0.25, -0.2) is 14.9 Å². The molecule has 0 aliphatic rings. The van der Waals surface area contributed by atoms with Crippen LogP contribution in [-0.4, -0.2) is 27.8 Å². The Labute approximate surface area is 165 Å². The molecule has 1 heterocycles. The third-order valence-electron chi connectivity index (χ3n) is 3.92. The van der Waals surface area contributed by atoms with Crippen molar-refractivity contribution >= 4 is 28.6 Å². The second kappa shape index (κ2) is 9.48. The van der Waals surface area contributed by atoms with Crippen molar-refractivity contribution in [2.45, 2.75) is 24.9 Å². The Bertz CT molecular complexity index is 1040. The molecule has 0 saturated carbocycles. The number of carbonyl (C=O) groups is 1. The van der Waals surface area contributed by atoms with Gasteiger partial charge in [0, 0.05) is 12.2 Å². The van der Waals surface area contributed by atoms with Crippen LogP contribution in [0.5, 0.6) is 0 Å². The molecule has 3 rings (SSSR count). The van der Waals surface area contributed by atoms with Gasteiger partial charge in [0.1, 0.15) is 5.82 Å². The number of nitrogens with zero attached hydrogens (tertiary/aromatic N) is 2. The highest BCUT2D eigenvalue weighted by atomic mass is 32.2. The molecule has 1 amide bonds. The quantitative estimate of drug-likeness (QED) is 0.271. The van der Waals surface area contributed by atoms with Crippen molar-refractivity contribution in [2.75, 3.05) is 12.4 Å². The van der Waals surface area contributed by atoms with Crippen LogP contribution in [0.2, 0.25) is 0 Å². The van der Waals surface area contributed by atoms with Gasteiger partial charge in [0.2, 0.25) is 5.91 Å². The molecule has 8 heteroatoms. The molecule has 146 valence electrons. The highest BCUT2D eigenvalue weighted by Gasteiger charge is 2.14. The lowest BCUT2D eigenvalue weighted by molar-refractivity contribution is -0.133. The van der Waals surface area contributed by atoms with Crippen molar-refractivity contribution in [1.29, 1.82) is 0 Å². The normalized spacial score (nSPS) is 10.9. The summed E-state index contributed by atoms with van der Waals surface area (Å²) in [5.41, 5.74) is 3.09. The largest absolute Gasteiger partial charge is 0.274 e. The van der Waals surface area contributed by atoms with E-state index in [1.165, 1.54) is 28.5 Å². The zero-order valence-electron chi connectivity index (χ0n) is 15.4. The maximum atomic E-state index is 13.7. The van der Waals surface area contributed by atoms with Crippen molar-refractivity contribution in [1.82, 2.24) is 15.0 Å². The molecule has 0 radical (unpaired) electrons. The summed E-state index contributed by atoms with van der Waals surface area (Å²) < 4.78 is 15.1. The number of thioether (sulfide) groups is 1. The third-order valence-corrected chi connectivity index (χ3v) is 4.95. The summed E-state index contributed by atoms with van der Waals surface area (Å²) in [7, 11) is 0. The number of amides is 1. The van der Waals surface area contributed by atoms with Crippen molar-refractivity contribution in [3.05, 3.63) is 64.7 Å². The maximum Gasteiger partial charge on any atom is 0.266 e. The minimum absolute atomic E-state index is 0.198. The molecule has 0 aliphatic carbocycles. The van der Waals surface area contributed by atoms with Gasteiger partial charge in [-0.2, -0.15) is 0 Å². The Morgan fingerprint density at radius 3 is 2.86 bits per heavy atom. The van der Waals surface area contributed by atoms with E-state index in [2.05, 4.69) is 10.5 Å². The van der Waals surface area contributed by atoms with Gasteiger partial charge in [-0.3, -0.25) is 19.0 Å². The Kier molecular flexibility index (Phi) is 6.78. The van der Waals surface area contributed by atoms with Crippen LogP contribution in [0.4, 0.5) is 4.39 Å². The van der Waals surface area contributed by atoms with Gasteiger partial charge < -0.3 is 0 Å². The Morgan fingerprint density at radius 1 is 1.25 bits per heavy atom. The molecule has 0 aliphatic heterocycles. The van der Waals surface area contributed by atoms with Crippen LogP contribution in [0.15, 0.2) is 58.5 Å². The maximum absolute atomic E-state index is 13.7. The van der Waals surface area contributed by atoms with Crippen LogP contribution in [-0.2, 0) is 9.63 Å². The van der Waals surface area contributed by atoms with Crippen LogP contribution in [0.3, 0.4) is 0 Å². The lowest BCUT2D eigenvalue weighted by Gasteiger charge is -2.13. The molecule has 1 N–H and O–H groups in total. The van der Waals surface area contributed by atoms with Crippen molar-refractivity contribution < 1.29 is 14.0 Å². The molecule has 28 heavy (non-hydrogen) atoms. The molecule has 3 aromatic rings. The smallest absolute Gasteiger partial charge is 0.266 e. The molecule has 0 saturated heterocycles. The van der Waals surface area contributed by atoms with Crippen LogP contribution < -0.4 is 11.0 Å². The standard InChI is InChI=1S/C20H20FN3O3S/c1-2-27-23-18(25)11-6-12-28-20-22-17-10-4-3-9-16(17)19(26)24(20)15-8-5-7-14(21)13-15/h3-5,7-10,13H,2,6,11-12H2,1H3,(H,23,25). The number of halogens is 1. The average Bonchev–Trinajstić information content (AvgIpc) is 2.70. The molecule has 2 aromatic carbocycles. The Morgan fingerprint density at radius 2 is 2.07 bits per heavy atom. The van der Waals surface area contributed by atoms with Crippen molar-refractivity contribution in [3.63, 3.8) is 0 Å². The number of nitrogens with one attached hydrogen (secondary N) is 1. The fourth-order valence-corrected chi connectivity index (χ4v) is 3.60. The number of rotatable bonds is 8. The Hall–Kier alpha value is -2.71. The second-order valence-corrected chi connectivity index (χ2v) is 7.00. The van der Waals surface area contributed by atoms with Crippen LogP contribution in [0.1, 0.15) is 19.8 Å².